The number of hydrogen-bond donors (Lipinski definition) is 1. The van der Waals surface area contributed by atoms with Gasteiger partial charge in [-0.05, 0) is 47.2 Å². The maximum Gasteiger partial charge on any atom is 0.226 e. The number of carbonyl (C=O) groups is 1. The van der Waals surface area contributed by atoms with Crippen molar-refractivity contribution in [1.82, 2.24) is 9.55 Å². The fraction of sp³-hybridized carbons (Fsp3) is 0.364. The van der Waals surface area contributed by atoms with Gasteiger partial charge in [0.2, 0.25) is 5.91 Å². The van der Waals surface area contributed by atoms with Crippen LogP contribution in [-0.2, 0) is 17.8 Å². The molecule has 3 rings (SSSR count). The molecule has 0 radical (unpaired) electrons. The van der Waals surface area contributed by atoms with Crippen LogP contribution >= 0.6 is 0 Å². The van der Waals surface area contributed by atoms with Crippen molar-refractivity contribution in [3.8, 4) is 0 Å². The van der Waals surface area contributed by atoms with Crippen LogP contribution in [-0.4, -0.2) is 15.5 Å². The van der Waals surface area contributed by atoms with Gasteiger partial charge in [0.25, 0.3) is 0 Å². The molecule has 28 heavy (non-hydrogen) atoms. The number of rotatable bonds is 5. The molecule has 2 aromatic heterocycles. The van der Waals surface area contributed by atoms with Gasteiger partial charge in [0, 0.05) is 25.2 Å². The van der Waals surface area contributed by atoms with Gasteiger partial charge in [0.1, 0.15) is 17.5 Å². The van der Waals surface area contributed by atoms with Crippen LogP contribution in [0.3, 0.4) is 0 Å². The maximum absolute atomic E-state index is 13.5. The highest BCUT2D eigenvalue weighted by molar-refractivity contribution is 5.92. The second kappa shape index (κ2) is 7.70. The number of anilines is 1. The van der Waals surface area contributed by atoms with Crippen LogP contribution in [0, 0.1) is 17.0 Å². The first-order chi connectivity index (χ1) is 13.1. The summed E-state index contributed by atoms with van der Waals surface area (Å²) in [7, 11) is 0. The van der Waals surface area contributed by atoms with Crippen molar-refractivity contribution in [3.05, 3.63) is 59.3 Å². The van der Waals surface area contributed by atoms with E-state index in [0.29, 0.717) is 30.8 Å². The monoisotopic (exact) mass is 385 g/mol. The Hall–Kier alpha value is -2.76. The number of benzene rings is 1. The molecule has 148 valence electrons. The third-order valence-electron chi connectivity index (χ3n) is 4.44. The molecule has 1 amide bonds. The number of nitrogens with zero attached hydrogens (tertiary/aromatic N) is 2. The molecular formula is C22H25F2N3O. The minimum absolute atomic E-state index is 0.0660. The number of amides is 1. The van der Waals surface area contributed by atoms with Gasteiger partial charge in [-0.1, -0.05) is 27.7 Å². The van der Waals surface area contributed by atoms with E-state index in [4.69, 9.17) is 0 Å². The van der Waals surface area contributed by atoms with E-state index in [1.165, 1.54) is 12.1 Å². The number of nitrogens with one attached hydrogen (secondary N) is 1. The number of aryl methyl sites for hydroxylation is 1. The Morgan fingerprint density at radius 3 is 2.43 bits per heavy atom. The highest BCUT2D eigenvalue weighted by atomic mass is 19.1. The predicted molar refractivity (Wildman–Crippen MR) is 107 cm³/mol. The van der Waals surface area contributed by atoms with Crippen LogP contribution in [0.5, 0.6) is 0 Å². The van der Waals surface area contributed by atoms with Gasteiger partial charge in [-0.2, -0.15) is 0 Å². The molecular weight excluding hydrogens is 360 g/mol. The lowest BCUT2D eigenvalue weighted by molar-refractivity contribution is -0.117. The van der Waals surface area contributed by atoms with E-state index in [9.17, 15) is 13.6 Å². The Labute approximate surface area is 163 Å². The number of pyridine rings is 1. The van der Waals surface area contributed by atoms with E-state index in [2.05, 4.69) is 10.3 Å². The van der Waals surface area contributed by atoms with E-state index >= 15 is 0 Å². The maximum atomic E-state index is 13.5. The summed E-state index contributed by atoms with van der Waals surface area (Å²) in [6, 6.07) is 7.32. The van der Waals surface area contributed by atoms with Crippen LogP contribution in [0.2, 0.25) is 0 Å². The first-order valence-corrected chi connectivity index (χ1v) is 9.38. The van der Waals surface area contributed by atoms with E-state index in [1.54, 1.807) is 0 Å². The van der Waals surface area contributed by atoms with Gasteiger partial charge in [-0.25, -0.2) is 13.8 Å². The van der Waals surface area contributed by atoms with Gasteiger partial charge < -0.3 is 9.88 Å². The Morgan fingerprint density at radius 1 is 1.14 bits per heavy atom. The zero-order valence-electron chi connectivity index (χ0n) is 16.6. The highest BCUT2D eigenvalue weighted by Crippen LogP contribution is 2.25. The summed E-state index contributed by atoms with van der Waals surface area (Å²) in [6.45, 7) is 8.37. The number of carbonyl (C=O) groups excluding carboxylic acids is 1. The summed E-state index contributed by atoms with van der Waals surface area (Å²) >= 11 is 0. The molecule has 0 saturated heterocycles. The molecule has 6 heteroatoms. The SMILES string of the molecule is CCc1cc2c(ccn2Cc2cc(F)cc(F)c2)nc1NC(=O)CC(C)(C)C. The second-order valence-electron chi connectivity index (χ2n) is 8.26. The van der Waals surface area contributed by atoms with E-state index < -0.39 is 11.6 Å². The van der Waals surface area contributed by atoms with Gasteiger partial charge in [0.15, 0.2) is 0 Å². The summed E-state index contributed by atoms with van der Waals surface area (Å²) in [5.41, 5.74) is 2.93. The van der Waals surface area contributed by atoms with Crippen LogP contribution in [0.1, 0.15) is 45.2 Å². The predicted octanol–water partition coefficient (Wildman–Crippen LogP) is 5.30. The molecule has 4 nitrogen and oxygen atoms in total. The number of hydrogen-bond acceptors (Lipinski definition) is 2. The molecule has 0 atom stereocenters. The van der Waals surface area contributed by atoms with Crippen molar-refractivity contribution in [2.45, 2.75) is 47.1 Å². The lowest BCUT2D eigenvalue weighted by atomic mass is 9.92. The molecule has 1 N–H and O–H groups in total. The second-order valence-corrected chi connectivity index (χ2v) is 8.26. The average Bonchev–Trinajstić information content (AvgIpc) is 2.93. The summed E-state index contributed by atoms with van der Waals surface area (Å²) in [5, 5.41) is 2.93. The van der Waals surface area contributed by atoms with Crippen molar-refractivity contribution in [2.24, 2.45) is 5.41 Å². The Bertz CT molecular complexity index is 998. The number of fused-ring (bicyclic) bond motifs is 1. The third kappa shape index (κ3) is 4.74. The first kappa shape index (κ1) is 20.0. The lowest BCUT2D eigenvalue weighted by Gasteiger charge is -2.18. The molecule has 1 aromatic carbocycles. The van der Waals surface area contributed by atoms with Crippen LogP contribution < -0.4 is 5.32 Å². The minimum Gasteiger partial charge on any atom is -0.342 e. The normalized spacial score (nSPS) is 11.8. The largest absolute Gasteiger partial charge is 0.342 e. The van der Waals surface area contributed by atoms with Crippen molar-refractivity contribution in [1.29, 1.82) is 0 Å². The molecule has 0 fully saturated rings. The zero-order chi connectivity index (χ0) is 20.5. The van der Waals surface area contributed by atoms with E-state index in [0.717, 1.165) is 22.7 Å². The molecule has 0 aliphatic heterocycles. The van der Waals surface area contributed by atoms with E-state index in [1.807, 2.05) is 50.6 Å². The van der Waals surface area contributed by atoms with E-state index in [-0.39, 0.29) is 11.3 Å². The average molecular weight is 385 g/mol. The summed E-state index contributed by atoms with van der Waals surface area (Å²) in [5.74, 6) is -0.687. The quantitative estimate of drug-likeness (QED) is 0.648. The molecule has 0 saturated carbocycles. The topological polar surface area (TPSA) is 46.9 Å². The molecule has 3 aromatic rings. The molecule has 0 aliphatic rings. The van der Waals surface area contributed by atoms with Crippen LogP contribution in [0.25, 0.3) is 11.0 Å². The summed E-state index contributed by atoms with van der Waals surface area (Å²) in [6.07, 6.45) is 2.94. The van der Waals surface area contributed by atoms with Crippen molar-refractivity contribution in [2.75, 3.05) is 5.32 Å². The molecule has 0 aliphatic carbocycles. The van der Waals surface area contributed by atoms with Gasteiger partial charge >= 0.3 is 0 Å². The molecule has 0 bridgehead atoms. The highest BCUT2D eigenvalue weighted by Gasteiger charge is 2.18. The summed E-state index contributed by atoms with van der Waals surface area (Å²) in [4.78, 5) is 16.9. The Balaban J connectivity index is 1.91. The standard InChI is InChI=1S/C22H25F2N3O/c1-5-15-10-19-18(25-21(15)26-20(28)12-22(2,3)4)6-7-27(19)13-14-8-16(23)11-17(24)9-14/h6-11H,5,12-13H2,1-4H3,(H,25,26,28). The summed E-state index contributed by atoms with van der Waals surface area (Å²) < 4.78 is 28.9. The van der Waals surface area contributed by atoms with Gasteiger partial charge in [-0.15, -0.1) is 0 Å². The third-order valence-corrected chi connectivity index (χ3v) is 4.44. The van der Waals surface area contributed by atoms with Gasteiger partial charge in [0.05, 0.1) is 11.0 Å². The fourth-order valence-electron chi connectivity index (χ4n) is 3.22. The molecule has 2 heterocycles. The fourth-order valence-corrected chi connectivity index (χ4v) is 3.22. The number of aromatic nitrogens is 2. The first-order valence-electron chi connectivity index (χ1n) is 9.38. The minimum atomic E-state index is -0.595. The van der Waals surface area contributed by atoms with Crippen LogP contribution in [0.4, 0.5) is 14.6 Å². The van der Waals surface area contributed by atoms with Crippen molar-refractivity contribution < 1.29 is 13.6 Å². The molecule has 0 spiro atoms. The lowest BCUT2D eigenvalue weighted by Crippen LogP contribution is -2.21. The van der Waals surface area contributed by atoms with Crippen molar-refractivity contribution >= 4 is 22.8 Å². The zero-order valence-corrected chi connectivity index (χ0v) is 16.6. The Kier molecular flexibility index (Phi) is 5.49. The Morgan fingerprint density at radius 2 is 1.82 bits per heavy atom. The van der Waals surface area contributed by atoms with Crippen molar-refractivity contribution in [3.63, 3.8) is 0 Å². The number of halogens is 2. The van der Waals surface area contributed by atoms with Gasteiger partial charge in [-0.3, -0.25) is 4.79 Å². The van der Waals surface area contributed by atoms with Crippen LogP contribution in [0.15, 0.2) is 36.5 Å². The smallest absolute Gasteiger partial charge is 0.226 e. The molecule has 0 unspecified atom stereocenters.